The first kappa shape index (κ1) is 13.4. The molecule has 0 bridgehead atoms. The van der Waals surface area contributed by atoms with Crippen molar-refractivity contribution >= 4 is 17.5 Å². The van der Waals surface area contributed by atoms with Crippen molar-refractivity contribution in [2.75, 3.05) is 5.75 Å². The highest BCUT2D eigenvalue weighted by Gasteiger charge is 2.21. The molecule has 2 aromatic rings. The first-order valence-corrected chi connectivity index (χ1v) is 7.90. The van der Waals surface area contributed by atoms with Crippen LogP contribution in [0.2, 0.25) is 0 Å². The lowest BCUT2D eigenvalue weighted by molar-refractivity contribution is 0.101. The number of nitrogens with one attached hydrogen (secondary N) is 1. The van der Waals surface area contributed by atoms with Crippen molar-refractivity contribution in [1.82, 2.24) is 25.2 Å². The molecule has 0 aromatic carbocycles. The number of carbonyl (C=O) groups excluding carboxylic acids is 1. The Labute approximate surface area is 121 Å². The van der Waals surface area contributed by atoms with E-state index >= 15 is 0 Å². The molecule has 0 aliphatic heterocycles. The van der Waals surface area contributed by atoms with Crippen molar-refractivity contribution in [3.8, 4) is 0 Å². The van der Waals surface area contributed by atoms with E-state index in [4.69, 9.17) is 0 Å². The number of thioether (sulfide) groups is 1. The van der Waals surface area contributed by atoms with Gasteiger partial charge in [-0.1, -0.05) is 31.0 Å². The zero-order valence-corrected chi connectivity index (χ0v) is 12.0. The van der Waals surface area contributed by atoms with Gasteiger partial charge >= 0.3 is 0 Å². The van der Waals surface area contributed by atoms with E-state index in [0.717, 1.165) is 18.0 Å². The number of carbonyl (C=O) groups is 1. The van der Waals surface area contributed by atoms with E-state index in [1.54, 1.807) is 12.3 Å². The first-order chi connectivity index (χ1) is 9.84. The van der Waals surface area contributed by atoms with Gasteiger partial charge in [0.05, 0.1) is 17.5 Å². The molecule has 3 rings (SSSR count). The third-order valence-corrected chi connectivity index (χ3v) is 4.55. The standard InChI is InChI=1S/C13H17N5OS/c19-12(11-7-4-8-14-11)9-20-13-15-16-17-18(13)10-5-2-1-3-6-10/h4,7-8,10,14H,1-3,5-6,9H2. The lowest BCUT2D eigenvalue weighted by Gasteiger charge is -2.21. The molecule has 0 amide bonds. The molecular formula is C13H17N5OS. The molecule has 0 spiro atoms. The summed E-state index contributed by atoms with van der Waals surface area (Å²) in [6.45, 7) is 0. The minimum atomic E-state index is 0.0678. The maximum atomic E-state index is 12.0. The summed E-state index contributed by atoms with van der Waals surface area (Å²) in [4.78, 5) is 14.9. The van der Waals surface area contributed by atoms with Gasteiger partial charge in [-0.15, -0.1) is 5.10 Å². The summed E-state index contributed by atoms with van der Waals surface area (Å²) in [6, 6.07) is 4.00. The molecule has 1 fully saturated rings. The third-order valence-electron chi connectivity index (χ3n) is 3.61. The molecular weight excluding hydrogens is 274 g/mol. The number of Topliss-reactive ketones (excluding diaryl/α,β-unsaturated/α-hetero) is 1. The van der Waals surface area contributed by atoms with Gasteiger partial charge in [0.1, 0.15) is 0 Å². The van der Waals surface area contributed by atoms with Gasteiger partial charge in [-0.2, -0.15) is 0 Å². The molecule has 1 N–H and O–H groups in total. The molecule has 0 radical (unpaired) electrons. The summed E-state index contributed by atoms with van der Waals surface area (Å²) in [5.74, 6) is 0.423. The molecule has 1 aliphatic carbocycles. The van der Waals surface area contributed by atoms with Crippen molar-refractivity contribution < 1.29 is 4.79 Å². The Morgan fingerprint density at radius 2 is 2.25 bits per heavy atom. The second-order valence-electron chi connectivity index (χ2n) is 4.99. The summed E-state index contributed by atoms with van der Waals surface area (Å²) < 4.78 is 1.89. The highest BCUT2D eigenvalue weighted by atomic mass is 32.2. The highest BCUT2D eigenvalue weighted by molar-refractivity contribution is 7.99. The van der Waals surface area contributed by atoms with Crippen LogP contribution >= 0.6 is 11.8 Å². The average Bonchev–Trinajstić information content (AvgIpc) is 3.17. The Bertz CT molecular complexity index is 559. The molecule has 106 valence electrons. The minimum Gasteiger partial charge on any atom is -0.359 e. The highest BCUT2D eigenvalue weighted by Crippen LogP contribution is 2.30. The zero-order chi connectivity index (χ0) is 13.8. The van der Waals surface area contributed by atoms with Crippen LogP contribution in [0.25, 0.3) is 0 Å². The van der Waals surface area contributed by atoms with Gasteiger partial charge in [0.25, 0.3) is 0 Å². The fourth-order valence-corrected chi connectivity index (χ4v) is 3.37. The molecule has 20 heavy (non-hydrogen) atoms. The average molecular weight is 291 g/mol. The van der Waals surface area contributed by atoms with Crippen LogP contribution in [-0.4, -0.2) is 36.7 Å². The van der Waals surface area contributed by atoms with Crippen LogP contribution in [0, 0.1) is 0 Å². The Hall–Kier alpha value is -1.63. The van der Waals surface area contributed by atoms with Gasteiger partial charge in [-0.25, -0.2) is 4.68 Å². The molecule has 1 aliphatic rings. The maximum Gasteiger partial charge on any atom is 0.210 e. The number of ketones is 1. The summed E-state index contributed by atoms with van der Waals surface area (Å²) in [5.41, 5.74) is 0.634. The number of nitrogens with zero attached hydrogens (tertiary/aromatic N) is 4. The van der Waals surface area contributed by atoms with E-state index in [2.05, 4.69) is 20.5 Å². The van der Waals surface area contributed by atoms with Crippen molar-refractivity contribution in [2.45, 2.75) is 43.3 Å². The minimum absolute atomic E-state index is 0.0678. The van der Waals surface area contributed by atoms with Crippen molar-refractivity contribution in [3.05, 3.63) is 24.0 Å². The van der Waals surface area contributed by atoms with Crippen LogP contribution in [0.4, 0.5) is 0 Å². The second-order valence-corrected chi connectivity index (χ2v) is 5.94. The SMILES string of the molecule is O=C(CSc1nnnn1C1CCCCC1)c1ccc[nH]1. The van der Waals surface area contributed by atoms with E-state index in [9.17, 15) is 4.79 Å². The summed E-state index contributed by atoms with van der Waals surface area (Å²) in [7, 11) is 0. The smallest absolute Gasteiger partial charge is 0.210 e. The number of tetrazole rings is 1. The Morgan fingerprint density at radius 3 is 3.00 bits per heavy atom. The lowest BCUT2D eigenvalue weighted by atomic mass is 9.96. The predicted molar refractivity (Wildman–Crippen MR) is 75.8 cm³/mol. The van der Waals surface area contributed by atoms with Crippen molar-refractivity contribution in [3.63, 3.8) is 0 Å². The molecule has 0 unspecified atom stereocenters. The van der Waals surface area contributed by atoms with E-state index in [1.165, 1.54) is 31.0 Å². The van der Waals surface area contributed by atoms with Crippen LogP contribution in [-0.2, 0) is 0 Å². The van der Waals surface area contributed by atoms with Crippen LogP contribution < -0.4 is 0 Å². The Balaban J connectivity index is 1.63. The third kappa shape index (κ3) is 2.92. The maximum absolute atomic E-state index is 12.0. The number of aromatic nitrogens is 5. The number of rotatable bonds is 5. The summed E-state index contributed by atoms with van der Waals surface area (Å²) >= 11 is 1.41. The second kappa shape index (κ2) is 6.21. The van der Waals surface area contributed by atoms with Gasteiger partial charge < -0.3 is 4.98 Å². The van der Waals surface area contributed by atoms with E-state index in [-0.39, 0.29) is 5.78 Å². The molecule has 2 aromatic heterocycles. The number of hydrogen-bond donors (Lipinski definition) is 1. The topological polar surface area (TPSA) is 76.5 Å². The van der Waals surface area contributed by atoms with E-state index in [1.807, 2.05) is 10.7 Å². The number of hydrogen-bond acceptors (Lipinski definition) is 5. The quantitative estimate of drug-likeness (QED) is 0.676. The van der Waals surface area contributed by atoms with Gasteiger partial charge in [0, 0.05) is 6.20 Å². The van der Waals surface area contributed by atoms with Crippen LogP contribution in [0.5, 0.6) is 0 Å². The largest absolute Gasteiger partial charge is 0.359 e. The molecule has 0 saturated heterocycles. The van der Waals surface area contributed by atoms with E-state index < -0.39 is 0 Å². The van der Waals surface area contributed by atoms with E-state index in [0.29, 0.717) is 17.5 Å². The van der Waals surface area contributed by atoms with Gasteiger partial charge in [0.15, 0.2) is 5.78 Å². The van der Waals surface area contributed by atoms with Crippen molar-refractivity contribution in [2.24, 2.45) is 0 Å². The summed E-state index contributed by atoms with van der Waals surface area (Å²) in [5, 5.41) is 12.7. The lowest BCUT2D eigenvalue weighted by Crippen LogP contribution is -2.15. The molecule has 6 nitrogen and oxygen atoms in total. The Kier molecular flexibility index (Phi) is 4.15. The van der Waals surface area contributed by atoms with Gasteiger partial charge in [-0.3, -0.25) is 4.79 Å². The fourth-order valence-electron chi connectivity index (χ4n) is 2.55. The monoisotopic (exact) mass is 291 g/mol. The molecule has 1 saturated carbocycles. The molecule has 0 atom stereocenters. The summed E-state index contributed by atoms with van der Waals surface area (Å²) in [6.07, 6.45) is 7.77. The molecule has 7 heteroatoms. The van der Waals surface area contributed by atoms with Crippen LogP contribution in [0.15, 0.2) is 23.5 Å². The fraction of sp³-hybridized carbons (Fsp3) is 0.538. The Morgan fingerprint density at radius 1 is 1.40 bits per heavy atom. The number of aromatic amines is 1. The normalized spacial score (nSPS) is 16.4. The van der Waals surface area contributed by atoms with Gasteiger partial charge in [0.2, 0.25) is 5.16 Å². The molecule has 2 heterocycles. The van der Waals surface area contributed by atoms with Crippen LogP contribution in [0.1, 0.15) is 48.6 Å². The predicted octanol–water partition coefficient (Wildman–Crippen LogP) is 2.48. The van der Waals surface area contributed by atoms with Crippen LogP contribution in [0.3, 0.4) is 0 Å². The van der Waals surface area contributed by atoms with Gasteiger partial charge in [-0.05, 0) is 35.4 Å². The zero-order valence-electron chi connectivity index (χ0n) is 11.2. The first-order valence-electron chi connectivity index (χ1n) is 6.92. The number of H-pyrrole nitrogens is 1. The van der Waals surface area contributed by atoms with Crippen molar-refractivity contribution in [1.29, 1.82) is 0 Å².